The van der Waals surface area contributed by atoms with Gasteiger partial charge in [0.2, 0.25) is 0 Å². The summed E-state index contributed by atoms with van der Waals surface area (Å²) in [6.07, 6.45) is 1.74. The highest BCUT2D eigenvalue weighted by molar-refractivity contribution is 7.09. The van der Waals surface area contributed by atoms with E-state index in [1.165, 1.54) is 11.3 Å². The van der Waals surface area contributed by atoms with Gasteiger partial charge in [-0.3, -0.25) is 9.78 Å². The lowest BCUT2D eigenvalue weighted by molar-refractivity contribution is 0.0950. The van der Waals surface area contributed by atoms with Crippen molar-refractivity contribution in [2.45, 2.75) is 13.5 Å². The standard InChI is InChI=1S/C15H14N2O2S/c1-11-12(5-3-7-18)4-2-6-14(11)15(19)17-9-13-8-16-10-20-13/h2,4,6,8,10,18H,7,9H2,1H3,(H,17,19). The molecule has 0 aliphatic rings. The van der Waals surface area contributed by atoms with Crippen molar-refractivity contribution in [1.29, 1.82) is 0 Å². The Hall–Kier alpha value is -2.16. The second kappa shape index (κ2) is 6.85. The lowest BCUT2D eigenvalue weighted by Crippen LogP contribution is -2.23. The van der Waals surface area contributed by atoms with Gasteiger partial charge in [0.25, 0.3) is 5.91 Å². The molecule has 0 aliphatic heterocycles. The van der Waals surface area contributed by atoms with Crippen molar-refractivity contribution in [3.05, 3.63) is 51.5 Å². The topological polar surface area (TPSA) is 62.2 Å². The van der Waals surface area contributed by atoms with Gasteiger partial charge in [-0.2, -0.15) is 0 Å². The molecule has 0 aliphatic carbocycles. The van der Waals surface area contributed by atoms with Gasteiger partial charge in [0.15, 0.2) is 0 Å². The first-order chi connectivity index (χ1) is 9.72. The monoisotopic (exact) mass is 286 g/mol. The largest absolute Gasteiger partial charge is 0.384 e. The quantitative estimate of drug-likeness (QED) is 0.845. The number of hydrogen-bond donors (Lipinski definition) is 2. The molecule has 0 bridgehead atoms. The van der Waals surface area contributed by atoms with Gasteiger partial charge in [0, 0.05) is 22.2 Å². The highest BCUT2D eigenvalue weighted by Crippen LogP contribution is 2.13. The molecule has 5 heteroatoms. The molecule has 0 fully saturated rings. The maximum Gasteiger partial charge on any atom is 0.251 e. The van der Waals surface area contributed by atoms with Gasteiger partial charge in [-0.05, 0) is 24.6 Å². The van der Waals surface area contributed by atoms with E-state index in [0.29, 0.717) is 12.1 Å². The van der Waals surface area contributed by atoms with Crippen LogP contribution in [0, 0.1) is 18.8 Å². The average Bonchev–Trinajstić information content (AvgIpc) is 2.97. The number of amides is 1. The fourth-order valence-electron chi connectivity index (χ4n) is 1.74. The number of aromatic nitrogens is 1. The molecule has 2 rings (SSSR count). The fraction of sp³-hybridized carbons (Fsp3) is 0.200. The van der Waals surface area contributed by atoms with Crippen LogP contribution in [0.15, 0.2) is 29.9 Å². The summed E-state index contributed by atoms with van der Waals surface area (Å²) in [6, 6.07) is 5.38. The van der Waals surface area contributed by atoms with Crippen molar-refractivity contribution < 1.29 is 9.90 Å². The van der Waals surface area contributed by atoms with Crippen molar-refractivity contribution in [2.24, 2.45) is 0 Å². The predicted molar refractivity (Wildman–Crippen MR) is 78.4 cm³/mol. The fourth-order valence-corrected chi connectivity index (χ4v) is 2.28. The molecule has 0 unspecified atom stereocenters. The van der Waals surface area contributed by atoms with Gasteiger partial charge in [0.05, 0.1) is 12.1 Å². The number of aliphatic hydroxyl groups excluding tert-OH is 1. The summed E-state index contributed by atoms with van der Waals surface area (Å²) in [6.45, 7) is 2.12. The summed E-state index contributed by atoms with van der Waals surface area (Å²) in [4.78, 5) is 17.1. The zero-order valence-corrected chi connectivity index (χ0v) is 11.8. The summed E-state index contributed by atoms with van der Waals surface area (Å²) in [5, 5.41) is 11.6. The molecule has 2 N–H and O–H groups in total. The number of carbonyl (C=O) groups is 1. The lowest BCUT2D eigenvalue weighted by Gasteiger charge is -2.08. The van der Waals surface area contributed by atoms with Crippen LogP contribution in [-0.4, -0.2) is 22.6 Å². The number of aliphatic hydroxyl groups is 1. The molecule has 0 saturated carbocycles. The Kier molecular flexibility index (Phi) is 4.88. The SMILES string of the molecule is Cc1c(C#CCO)cccc1C(=O)NCc1cncs1. The minimum Gasteiger partial charge on any atom is -0.384 e. The molecule has 1 amide bonds. The molecule has 4 nitrogen and oxygen atoms in total. The third-order valence-electron chi connectivity index (χ3n) is 2.79. The van der Waals surface area contributed by atoms with Crippen molar-refractivity contribution in [3.63, 3.8) is 0 Å². The van der Waals surface area contributed by atoms with Crippen molar-refractivity contribution in [1.82, 2.24) is 10.3 Å². The van der Waals surface area contributed by atoms with Crippen molar-refractivity contribution in [3.8, 4) is 11.8 Å². The number of rotatable bonds is 3. The predicted octanol–water partition coefficient (Wildman–Crippen LogP) is 1.73. The summed E-state index contributed by atoms with van der Waals surface area (Å²) in [5.74, 6) is 5.30. The first kappa shape index (κ1) is 14.3. The van der Waals surface area contributed by atoms with Crippen LogP contribution >= 0.6 is 11.3 Å². The Morgan fingerprint density at radius 3 is 3.05 bits per heavy atom. The van der Waals surface area contributed by atoms with Gasteiger partial charge >= 0.3 is 0 Å². The number of carbonyl (C=O) groups excluding carboxylic acids is 1. The van der Waals surface area contributed by atoms with Crippen LogP contribution in [0.4, 0.5) is 0 Å². The first-order valence-corrected chi connectivity index (χ1v) is 6.95. The van der Waals surface area contributed by atoms with Crippen molar-refractivity contribution in [2.75, 3.05) is 6.61 Å². The van der Waals surface area contributed by atoms with Crippen LogP contribution in [0.2, 0.25) is 0 Å². The van der Waals surface area contributed by atoms with E-state index >= 15 is 0 Å². The molecule has 0 atom stereocenters. The van der Waals surface area contributed by atoms with E-state index in [2.05, 4.69) is 22.1 Å². The third kappa shape index (κ3) is 3.44. The molecule has 1 aromatic carbocycles. The summed E-state index contributed by atoms with van der Waals surface area (Å²) < 4.78 is 0. The van der Waals surface area contributed by atoms with Gasteiger partial charge in [0.1, 0.15) is 6.61 Å². The highest BCUT2D eigenvalue weighted by atomic mass is 32.1. The second-order valence-corrected chi connectivity index (χ2v) is 5.06. The van der Waals surface area contributed by atoms with Gasteiger partial charge in [-0.15, -0.1) is 11.3 Å². The molecule has 0 radical (unpaired) electrons. The van der Waals surface area contributed by atoms with E-state index in [1.807, 2.05) is 13.0 Å². The third-order valence-corrected chi connectivity index (χ3v) is 3.57. The molecular weight excluding hydrogens is 272 g/mol. The minimum atomic E-state index is -0.193. The number of hydrogen-bond acceptors (Lipinski definition) is 4. The molecule has 0 saturated heterocycles. The Balaban J connectivity index is 2.13. The van der Waals surface area contributed by atoms with Gasteiger partial charge in [-0.25, -0.2) is 0 Å². The van der Waals surface area contributed by atoms with E-state index in [-0.39, 0.29) is 12.5 Å². The highest BCUT2D eigenvalue weighted by Gasteiger charge is 2.10. The summed E-state index contributed by atoms with van der Waals surface area (Å²) in [5.41, 5.74) is 3.90. The van der Waals surface area contributed by atoms with E-state index in [4.69, 9.17) is 5.11 Å². The van der Waals surface area contributed by atoms with Crippen LogP contribution in [0.1, 0.15) is 26.4 Å². The molecular formula is C15H14N2O2S. The van der Waals surface area contributed by atoms with Crippen LogP contribution in [0.3, 0.4) is 0 Å². The zero-order valence-electron chi connectivity index (χ0n) is 11.0. The minimum absolute atomic E-state index is 0.136. The molecule has 1 heterocycles. The van der Waals surface area contributed by atoms with Gasteiger partial charge in [-0.1, -0.05) is 17.9 Å². The first-order valence-electron chi connectivity index (χ1n) is 6.07. The summed E-state index contributed by atoms with van der Waals surface area (Å²) in [7, 11) is 0. The van der Waals surface area contributed by atoms with Crippen LogP contribution in [0.5, 0.6) is 0 Å². The van der Waals surface area contributed by atoms with Crippen LogP contribution in [0.25, 0.3) is 0 Å². The van der Waals surface area contributed by atoms with Crippen molar-refractivity contribution >= 4 is 17.2 Å². The maximum atomic E-state index is 12.2. The van der Waals surface area contributed by atoms with Gasteiger partial charge < -0.3 is 10.4 Å². The average molecular weight is 286 g/mol. The molecule has 2 aromatic rings. The van der Waals surface area contributed by atoms with Crippen LogP contribution < -0.4 is 5.32 Å². The van der Waals surface area contributed by atoms with E-state index < -0.39 is 0 Å². The second-order valence-electron chi connectivity index (χ2n) is 4.09. The lowest BCUT2D eigenvalue weighted by atomic mass is 10.0. The van der Waals surface area contributed by atoms with Crippen LogP contribution in [-0.2, 0) is 6.54 Å². The Labute approximate surface area is 121 Å². The Morgan fingerprint density at radius 2 is 2.35 bits per heavy atom. The van der Waals surface area contributed by atoms with E-state index in [1.54, 1.807) is 23.8 Å². The molecule has 1 aromatic heterocycles. The Bertz CT molecular complexity index is 654. The smallest absolute Gasteiger partial charge is 0.251 e. The molecule has 102 valence electrons. The molecule has 0 spiro atoms. The van der Waals surface area contributed by atoms with E-state index in [9.17, 15) is 4.79 Å². The summed E-state index contributed by atoms with van der Waals surface area (Å²) >= 11 is 1.50. The maximum absolute atomic E-state index is 12.2. The normalized spacial score (nSPS) is 9.70. The Morgan fingerprint density at radius 1 is 1.50 bits per heavy atom. The number of nitrogens with zero attached hydrogens (tertiary/aromatic N) is 1. The molecule has 20 heavy (non-hydrogen) atoms. The number of thiazole rings is 1. The number of nitrogens with one attached hydrogen (secondary N) is 1. The number of benzene rings is 1. The van der Waals surface area contributed by atoms with E-state index in [0.717, 1.165) is 16.0 Å². The zero-order chi connectivity index (χ0) is 14.4.